The number of likely N-dealkylation sites (N-methyl/N-ethyl adjacent to an activating group) is 1. The smallest absolute Gasteiger partial charge is 0.237 e. The van der Waals surface area contributed by atoms with Crippen LogP contribution in [0.15, 0.2) is 0 Å². The van der Waals surface area contributed by atoms with Gasteiger partial charge in [0.15, 0.2) is 0 Å². The van der Waals surface area contributed by atoms with E-state index in [2.05, 4.69) is 17.1 Å². The van der Waals surface area contributed by atoms with Crippen LogP contribution < -0.4 is 11.1 Å². The second-order valence-corrected chi connectivity index (χ2v) is 4.16. The van der Waals surface area contributed by atoms with Crippen LogP contribution in [0, 0.1) is 0 Å². The van der Waals surface area contributed by atoms with Gasteiger partial charge >= 0.3 is 0 Å². The van der Waals surface area contributed by atoms with Crippen LogP contribution in [0.25, 0.3) is 0 Å². The van der Waals surface area contributed by atoms with Crippen LogP contribution in [0.5, 0.6) is 0 Å². The molecule has 1 rings (SSSR count). The van der Waals surface area contributed by atoms with E-state index in [-0.39, 0.29) is 11.9 Å². The molecule has 1 saturated heterocycles. The summed E-state index contributed by atoms with van der Waals surface area (Å²) in [6, 6.07) is 0.393. The monoisotopic (exact) mass is 213 g/mol. The van der Waals surface area contributed by atoms with Gasteiger partial charge in [0.25, 0.3) is 0 Å². The van der Waals surface area contributed by atoms with Crippen LogP contribution >= 0.6 is 0 Å². The molecular weight excluding hydrogens is 190 g/mol. The highest BCUT2D eigenvalue weighted by molar-refractivity contribution is 5.81. The van der Waals surface area contributed by atoms with Gasteiger partial charge in [-0.15, -0.1) is 0 Å². The van der Waals surface area contributed by atoms with Gasteiger partial charge in [-0.1, -0.05) is 13.3 Å². The Balaban J connectivity index is 2.68. The van der Waals surface area contributed by atoms with Crippen molar-refractivity contribution in [3.8, 4) is 0 Å². The summed E-state index contributed by atoms with van der Waals surface area (Å²) in [5, 5.41) is 2.75. The van der Waals surface area contributed by atoms with E-state index < -0.39 is 0 Å². The molecule has 1 aliphatic rings. The lowest BCUT2D eigenvalue weighted by Crippen LogP contribution is -2.54. The maximum Gasteiger partial charge on any atom is 0.237 e. The van der Waals surface area contributed by atoms with Crippen molar-refractivity contribution in [2.45, 2.75) is 44.7 Å². The number of hydrogen-bond acceptors (Lipinski definition) is 3. The van der Waals surface area contributed by atoms with Gasteiger partial charge in [0.1, 0.15) is 0 Å². The molecule has 0 radical (unpaired) electrons. The molecule has 2 unspecified atom stereocenters. The number of amides is 1. The minimum Gasteiger partial charge on any atom is -0.358 e. The summed E-state index contributed by atoms with van der Waals surface area (Å²) in [5.41, 5.74) is 5.74. The quantitative estimate of drug-likeness (QED) is 0.707. The van der Waals surface area contributed by atoms with Gasteiger partial charge in [0, 0.05) is 19.6 Å². The van der Waals surface area contributed by atoms with E-state index in [1.807, 2.05) is 0 Å². The summed E-state index contributed by atoms with van der Waals surface area (Å²) < 4.78 is 0. The lowest BCUT2D eigenvalue weighted by molar-refractivity contribution is -0.128. The van der Waals surface area contributed by atoms with Crippen molar-refractivity contribution in [1.82, 2.24) is 10.2 Å². The van der Waals surface area contributed by atoms with Crippen molar-refractivity contribution in [1.29, 1.82) is 0 Å². The average molecular weight is 213 g/mol. The molecule has 15 heavy (non-hydrogen) atoms. The lowest BCUT2D eigenvalue weighted by atomic mass is 9.98. The molecule has 4 nitrogen and oxygen atoms in total. The second-order valence-electron chi connectivity index (χ2n) is 4.16. The Morgan fingerprint density at radius 2 is 2.33 bits per heavy atom. The molecule has 1 heterocycles. The normalized spacial score (nSPS) is 24.9. The first kappa shape index (κ1) is 12.5. The van der Waals surface area contributed by atoms with Crippen molar-refractivity contribution in [3.63, 3.8) is 0 Å². The Morgan fingerprint density at radius 1 is 1.60 bits per heavy atom. The summed E-state index contributed by atoms with van der Waals surface area (Å²) in [4.78, 5) is 14.0. The highest BCUT2D eigenvalue weighted by Crippen LogP contribution is 2.20. The third kappa shape index (κ3) is 2.92. The summed E-state index contributed by atoms with van der Waals surface area (Å²) >= 11 is 0. The summed E-state index contributed by atoms with van der Waals surface area (Å²) in [7, 11) is 1.71. The molecule has 1 fully saturated rings. The van der Waals surface area contributed by atoms with Crippen molar-refractivity contribution in [2.24, 2.45) is 5.73 Å². The minimum atomic E-state index is 0.0391. The SMILES string of the molecule is CCC(CN)N1CCCCC1C(=O)NC. The maximum atomic E-state index is 11.7. The van der Waals surface area contributed by atoms with Crippen LogP contribution in [0.4, 0.5) is 0 Å². The van der Waals surface area contributed by atoms with Crippen molar-refractivity contribution < 1.29 is 4.79 Å². The van der Waals surface area contributed by atoms with Gasteiger partial charge in [-0.05, 0) is 25.8 Å². The number of rotatable bonds is 4. The van der Waals surface area contributed by atoms with Gasteiger partial charge in [-0.2, -0.15) is 0 Å². The van der Waals surface area contributed by atoms with Gasteiger partial charge in [-0.25, -0.2) is 0 Å². The molecule has 0 aromatic heterocycles. The first-order chi connectivity index (χ1) is 7.24. The van der Waals surface area contributed by atoms with Crippen LogP contribution in [0.1, 0.15) is 32.6 Å². The van der Waals surface area contributed by atoms with Crippen LogP contribution in [0.2, 0.25) is 0 Å². The highest BCUT2D eigenvalue weighted by Gasteiger charge is 2.31. The molecule has 1 amide bonds. The number of likely N-dealkylation sites (tertiary alicyclic amines) is 1. The predicted octanol–water partition coefficient (Wildman–Crippen LogP) is 0.324. The fourth-order valence-electron chi connectivity index (χ4n) is 2.38. The van der Waals surface area contributed by atoms with Crippen molar-refractivity contribution >= 4 is 5.91 Å². The fraction of sp³-hybridized carbons (Fsp3) is 0.909. The van der Waals surface area contributed by atoms with Gasteiger partial charge in [0.05, 0.1) is 6.04 Å². The third-order valence-electron chi connectivity index (χ3n) is 3.31. The molecular formula is C11H23N3O. The third-order valence-corrected chi connectivity index (χ3v) is 3.31. The second kappa shape index (κ2) is 6.08. The predicted molar refractivity (Wildman–Crippen MR) is 61.5 cm³/mol. The fourth-order valence-corrected chi connectivity index (χ4v) is 2.38. The molecule has 0 saturated carbocycles. The van der Waals surface area contributed by atoms with E-state index in [0.29, 0.717) is 12.6 Å². The highest BCUT2D eigenvalue weighted by atomic mass is 16.2. The first-order valence-electron chi connectivity index (χ1n) is 5.92. The van der Waals surface area contributed by atoms with E-state index in [0.717, 1.165) is 25.8 Å². The van der Waals surface area contributed by atoms with Gasteiger partial charge < -0.3 is 11.1 Å². The average Bonchev–Trinajstić information content (AvgIpc) is 2.30. The van der Waals surface area contributed by atoms with E-state index in [9.17, 15) is 4.79 Å². The number of nitrogens with zero attached hydrogens (tertiary/aromatic N) is 1. The number of nitrogens with two attached hydrogens (primary N) is 1. The van der Waals surface area contributed by atoms with Gasteiger partial charge in [0.2, 0.25) is 5.91 Å². The van der Waals surface area contributed by atoms with Crippen LogP contribution in [-0.4, -0.2) is 43.0 Å². The van der Waals surface area contributed by atoms with Gasteiger partial charge in [-0.3, -0.25) is 9.69 Å². The Labute approximate surface area is 92.2 Å². The zero-order valence-corrected chi connectivity index (χ0v) is 9.83. The lowest BCUT2D eigenvalue weighted by Gasteiger charge is -2.39. The summed E-state index contributed by atoms with van der Waals surface area (Å²) in [6.07, 6.45) is 4.32. The maximum absolute atomic E-state index is 11.7. The largest absolute Gasteiger partial charge is 0.358 e. The molecule has 3 N–H and O–H groups in total. The van der Waals surface area contributed by atoms with Crippen LogP contribution in [0.3, 0.4) is 0 Å². The molecule has 4 heteroatoms. The zero-order chi connectivity index (χ0) is 11.3. The number of carbonyl (C=O) groups is 1. The molecule has 0 aromatic rings. The summed E-state index contributed by atoms with van der Waals surface area (Å²) in [6.45, 7) is 3.78. The molecule has 0 aromatic carbocycles. The van der Waals surface area contributed by atoms with Crippen molar-refractivity contribution in [2.75, 3.05) is 20.1 Å². The number of carbonyl (C=O) groups excluding carboxylic acids is 1. The standard InChI is InChI=1S/C11H23N3O/c1-3-9(8-12)14-7-5-4-6-10(14)11(15)13-2/h9-10H,3-8,12H2,1-2H3,(H,13,15). The molecule has 0 bridgehead atoms. The molecule has 0 aliphatic carbocycles. The molecule has 2 atom stereocenters. The Bertz CT molecular complexity index is 204. The first-order valence-corrected chi connectivity index (χ1v) is 5.92. The summed E-state index contributed by atoms with van der Waals surface area (Å²) in [5.74, 6) is 0.140. The Morgan fingerprint density at radius 3 is 2.87 bits per heavy atom. The molecule has 1 aliphatic heterocycles. The zero-order valence-electron chi connectivity index (χ0n) is 9.83. The van der Waals surface area contributed by atoms with E-state index in [4.69, 9.17) is 5.73 Å². The van der Waals surface area contributed by atoms with E-state index in [1.165, 1.54) is 6.42 Å². The number of hydrogen-bond donors (Lipinski definition) is 2. The molecule has 0 spiro atoms. The molecule has 88 valence electrons. The topological polar surface area (TPSA) is 58.4 Å². The Hall–Kier alpha value is -0.610. The van der Waals surface area contributed by atoms with E-state index in [1.54, 1.807) is 7.05 Å². The Kier molecular flexibility index (Phi) is 5.05. The number of piperidine rings is 1. The van der Waals surface area contributed by atoms with Crippen molar-refractivity contribution in [3.05, 3.63) is 0 Å². The van der Waals surface area contributed by atoms with E-state index >= 15 is 0 Å². The number of nitrogens with one attached hydrogen (secondary N) is 1. The minimum absolute atomic E-state index is 0.0391. The van der Waals surface area contributed by atoms with Crippen LogP contribution in [-0.2, 0) is 4.79 Å².